The molecule has 1 aliphatic rings. The van der Waals surface area contributed by atoms with E-state index in [1.807, 2.05) is 6.20 Å². The van der Waals surface area contributed by atoms with Crippen molar-refractivity contribution in [2.24, 2.45) is 5.92 Å². The van der Waals surface area contributed by atoms with Crippen LogP contribution in [-0.4, -0.2) is 21.6 Å². The highest BCUT2D eigenvalue weighted by Crippen LogP contribution is 2.21. The number of imidazole rings is 1. The SMILES string of the molecule is CCc1nc(N)cn1CC1CCNC(Cl)C1. The Balaban J connectivity index is 2.02. The van der Waals surface area contributed by atoms with Crippen molar-refractivity contribution in [2.75, 3.05) is 12.3 Å². The summed E-state index contributed by atoms with van der Waals surface area (Å²) >= 11 is 6.10. The fraction of sp³-hybridized carbons (Fsp3) is 0.727. The number of nitrogen functional groups attached to an aromatic ring is 1. The lowest BCUT2D eigenvalue weighted by Crippen LogP contribution is -2.35. The van der Waals surface area contributed by atoms with Crippen molar-refractivity contribution < 1.29 is 0 Å². The van der Waals surface area contributed by atoms with E-state index in [4.69, 9.17) is 17.3 Å². The normalized spacial score (nSPS) is 25.9. The van der Waals surface area contributed by atoms with Crippen LogP contribution in [0.2, 0.25) is 0 Å². The molecule has 0 aromatic carbocycles. The molecule has 0 aliphatic carbocycles. The van der Waals surface area contributed by atoms with Gasteiger partial charge < -0.3 is 15.6 Å². The van der Waals surface area contributed by atoms with Gasteiger partial charge in [-0.15, -0.1) is 11.6 Å². The number of anilines is 1. The van der Waals surface area contributed by atoms with E-state index in [1.54, 1.807) is 0 Å². The highest BCUT2D eigenvalue weighted by molar-refractivity contribution is 6.20. The van der Waals surface area contributed by atoms with Gasteiger partial charge in [-0.05, 0) is 25.3 Å². The standard InChI is InChI=1S/C11H19ClN4/c1-2-11-15-10(13)7-16(11)6-8-3-4-14-9(12)5-8/h7-9,14H,2-6,13H2,1H3. The van der Waals surface area contributed by atoms with Crippen LogP contribution in [0, 0.1) is 5.92 Å². The summed E-state index contributed by atoms with van der Waals surface area (Å²) in [6.07, 6.45) is 5.05. The molecule has 16 heavy (non-hydrogen) atoms. The van der Waals surface area contributed by atoms with Crippen LogP contribution in [-0.2, 0) is 13.0 Å². The molecule has 1 saturated heterocycles. The van der Waals surface area contributed by atoms with Crippen LogP contribution in [0.1, 0.15) is 25.6 Å². The Hall–Kier alpha value is -0.740. The number of hydrogen-bond acceptors (Lipinski definition) is 3. The first-order chi connectivity index (χ1) is 7.69. The third-order valence-corrected chi connectivity index (χ3v) is 3.44. The zero-order valence-corrected chi connectivity index (χ0v) is 10.4. The lowest BCUT2D eigenvalue weighted by molar-refractivity contribution is 0.313. The molecule has 5 heteroatoms. The molecular weight excluding hydrogens is 224 g/mol. The number of alkyl halides is 1. The number of aromatic nitrogens is 2. The Morgan fingerprint density at radius 1 is 1.69 bits per heavy atom. The van der Waals surface area contributed by atoms with Crippen molar-refractivity contribution in [1.29, 1.82) is 0 Å². The van der Waals surface area contributed by atoms with Gasteiger partial charge in [0.1, 0.15) is 11.6 Å². The van der Waals surface area contributed by atoms with E-state index >= 15 is 0 Å². The number of halogens is 1. The minimum Gasteiger partial charge on any atom is -0.382 e. The fourth-order valence-corrected chi connectivity index (χ4v) is 2.66. The van der Waals surface area contributed by atoms with Gasteiger partial charge >= 0.3 is 0 Å². The molecular formula is C11H19ClN4. The first kappa shape index (κ1) is 11.7. The second-order valence-corrected chi connectivity index (χ2v) is 4.93. The lowest BCUT2D eigenvalue weighted by atomic mass is 9.98. The molecule has 90 valence electrons. The number of piperidine rings is 1. The van der Waals surface area contributed by atoms with E-state index in [2.05, 4.69) is 21.8 Å². The number of nitrogens with two attached hydrogens (primary N) is 1. The van der Waals surface area contributed by atoms with Crippen molar-refractivity contribution in [2.45, 2.75) is 38.2 Å². The summed E-state index contributed by atoms with van der Waals surface area (Å²) in [5.74, 6) is 2.32. The maximum atomic E-state index is 6.10. The molecule has 0 bridgehead atoms. The average Bonchev–Trinajstić information content (AvgIpc) is 2.59. The summed E-state index contributed by atoms with van der Waals surface area (Å²) in [4.78, 5) is 4.31. The monoisotopic (exact) mass is 242 g/mol. The third kappa shape index (κ3) is 2.68. The van der Waals surface area contributed by atoms with Gasteiger partial charge in [0.25, 0.3) is 0 Å². The van der Waals surface area contributed by atoms with Gasteiger partial charge in [-0.3, -0.25) is 0 Å². The minimum atomic E-state index is 0.115. The van der Waals surface area contributed by atoms with Crippen molar-refractivity contribution >= 4 is 17.4 Å². The van der Waals surface area contributed by atoms with E-state index in [9.17, 15) is 0 Å². The molecule has 3 N–H and O–H groups in total. The molecule has 0 spiro atoms. The maximum absolute atomic E-state index is 6.10. The predicted molar refractivity (Wildman–Crippen MR) is 66.4 cm³/mol. The second-order valence-electron chi connectivity index (χ2n) is 4.40. The molecule has 2 atom stereocenters. The van der Waals surface area contributed by atoms with Gasteiger partial charge in [-0.2, -0.15) is 0 Å². The Kier molecular flexibility index (Phi) is 3.71. The Bertz CT molecular complexity index is 350. The lowest BCUT2D eigenvalue weighted by Gasteiger charge is -2.27. The van der Waals surface area contributed by atoms with Crippen molar-refractivity contribution in [3.8, 4) is 0 Å². The molecule has 2 heterocycles. The number of rotatable bonds is 3. The van der Waals surface area contributed by atoms with Gasteiger partial charge in [0.05, 0.1) is 5.50 Å². The largest absolute Gasteiger partial charge is 0.382 e. The average molecular weight is 243 g/mol. The van der Waals surface area contributed by atoms with Crippen LogP contribution in [0.4, 0.5) is 5.82 Å². The van der Waals surface area contributed by atoms with Crippen molar-refractivity contribution in [3.63, 3.8) is 0 Å². The first-order valence-electron chi connectivity index (χ1n) is 5.88. The molecule has 4 nitrogen and oxygen atoms in total. The van der Waals surface area contributed by atoms with Gasteiger partial charge in [0.15, 0.2) is 0 Å². The first-order valence-corrected chi connectivity index (χ1v) is 6.31. The molecule has 1 fully saturated rings. The molecule has 1 aromatic heterocycles. The van der Waals surface area contributed by atoms with Crippen molar-refractivity contribution in [1.82, 2.24) is 14.9 Å². The topological polar surface area (TPSA) is 55.9 Å². The highest BCUT2D eigenvalue weighted by Gasteiger charge is 2.20. The number of aryl methyl sites for hydroxylation is 1. The molecule has 2 unspecified atom stereocenters. The number of hydrogen-bond donors (Lipinski definition) is 2. The summed E-state index contributed by atoms with van der Waals surface area (Å²) < 4.78 is 2.18. The Morgan fingerprint density at radius 3 is 3.19 bits per heavy atom. The third-order valence-electron chi connectivity index (χ3n) is 3.11. The molecule has 1 aromatic rings. The van der Waals surface area contributed by atoms with Crippen LogP contribution in [0.15, 0.2) is 6.20 Å². The summed E-state index contributed by atoms with van der Waals surface area (Å²) in [6, 6.07) is 0. The summed E-state index contributed by atoms with van der Waals surface area (Å²) in [7, 11) is 0. The van der Waals surface area contributed by atoms with Gasteiger partial charge in [0.2, 0.25) is 0 Å². The van der Waals surface area contributed by atoms with E-state index in [0.29, 0.717) is 11.7 Å². The van der Waals surface area contributed by atoms with E-state index in [1.165, 1.54) is 6.42 Å². The summed E-state index contributed by atoms with van der Waals surface area (Å²) in [5.41, 5.74) is 5.83. The molecule has 0 amide bonds. The van der Waals surface area contributed by atoms with Crippen LogP contribution < -0.4 is 11.1 Å². The van der Waals surface area contributed by atoms with Crippen LogP contribution >= 0.6 is 11.6 Å². The van der Waals surface area contributed by atoms with Gasteiger partial charge in [-0.25, -0.2) is 4.98 Å². The van der Waals surface area contributed by atoms with E-state index in [-0.39, 0.29) is 5.50 Å². The second kappa shape index (κ2) is 5.06. The zero-order chi connectivity index (χ0) is 11.5. The van der Waals surface area contributed by atoms with Gasteiger partial charge in [0, 0.05) is 19.2 Å². The van der Waals surface area contributed by atoms with Crippen LogP contribution in [0.25, 0.3) is 0 Å². The van der Waals surface area contributed by atoms with Gasteiger partial charge in [-0.1, -0.05) is 6.92 Å². The van der Waals surface area contributed by atoms with Crippen LogP contribution in [0.3, 0.4) is 0 Å². The molecule has 0 radical (unpaired) electrons. The maximum Gasteiger partial charge on any atom is 0.141 e. The minimum absolute atomic E-state index is 0.115. The van der Waals surface area contributed by atoms with E-state index < -0.39 is 0 Å². The fourth-order valence-electron chi connectivity index (χ4n) is 2.30. The quantitative estimate of drug-likeness (QED) is 0.625. The number of nitrogens with zero attached hydrogens (tertiary/aromatic N) is 2. The van der Waals surface area contributed by atoms with E-state index in [0.717, 1.165) is 31.8 Å². The van der Waals surface area contributed by atoms with Crippen molar-refractivity contribution in [3.05, 3.63) is 12.0 Å². The highest BCUT2D eigenvalue weighted by atomic mass is 35.5. The molecule has 0 saturated carbocycles. The molecule has 1 aliphatic heterocycles. The summed E-state index contributed by atoms with van der Waals surface area (Å²) in [5, 5.41) is 3.25. The van der Waals surface area contributed by atoms with Crippen LogP contribution in [0.5, 0.6) is 0 Å². The Labute approximate surface area is 101 Å². The predicted octanol–water partition coefficient (Wildman–Crippen LogP) is 1.59. The number of nitrogens with one attached hydrogen (secondary N) is 1. The smallest absolute Gasteiger partial charge is 0.141 e. The summed E-state index contributed by atoms with van der Waals surface area (Å²) in [6.45, 7) is 4.09. The molecule has 2 rings (SSSR count). The zero-order valence-electron chi connectivity index (χ0n) is 9.62. The Morgan fingerprint density at radius 2 is 2.50 bits per heavy atom.